The Bertz CT molecular complexity index is 977. The van der Waals surface area contributed by atoms with Gasteiger partial charge in [-0.1, -0.05) is 28.5 Å². The summed E-state index contributed by atoms with van der Waals surface area (Å²) < 4.78 is 18.5. The summed E-state index contributed by atoms with van der Waals surface area (Å²) in [6, 6.07) is 13.3. The van der Waals surface area contributed by atoms with Gasteiger partial charge in [-0.3, -0.25) is 5.41 Å². The summed E-state index contributed by atoms with van der Waals surface area (Å²) in [6.45, 7) is 0. The SMILES string of the molecule is N=C(Nc1ccccc1)Nc1nocc1/C(=N/O)Nc1ccc(F)c(Br)c1. The Morgan fingerprint density at radius 1 is 1.11 bits per heavy atom. The zero-order valence-corrected chi connectivity index (χ0v) is 15.3. The number of hydrogen-bond acceptors (Lipinski definition) is 5. The normalized spacial score (nSPS) is 11.1. The van der Waals surface area contributed by atoms with Crippen LogP contribution in [0.5, 0.6) is 0 Å². The van der Waals surface area contributed by atoms with Crippen LogP contribution in [-0.2, 0) is 0 Å². The molecule has 0 aliphatic carbocycles. The number of benzene rings is 2. The van der Waals surface area contributed by atoms with Gasteiger partial charge >= 0.3 is 0 Å². The molecular weight excluding hydrogens is 419 g/mol. The maximum Gasteiger partial charge on any atom is 0.198 e. The molecule has 3 rings (SSSR count). The molecule has 0 unspecified atom stereocenters. The maximum absolute atomic E-state index is 13.4. The Labute approximate surface area is 161 Å². The quantitative estimate of drug-likeness (QED) is 0.181. The Hall–Kier alpha value is -3.40. The molecule has 0 amide bonds. The van der Waals surface area contributed by atoms with Crippen molar-refractivity contribution in [2.75, 3.05) is 16.0 Å². The predicted octanol–water partition coefficient (Wildman–Crippen LogP) is 4.28. The number of oxime groups is 1. The second-order valence-electron chi connectivity index (χ2n) is 5.27. The first-order valence-corrected chi connectivity index (χ1v) is 8.42. The molecule has 0 saturated carbocycles. The summed E-state index contributed by atoms with van der Waals surface area (Å²) >= 11 is 3.09. The number of nitrogens with one attached hydrogen (secondary N) is 4. The van der Waals surface area contributed by atoms with Gasteiger partial charge in [0.15, 0.2) is 17.6 Å². The summed E-state index contributed by atoms with van der Waals surface area (Å²) in [6.07, 6.45) is 1.25. The van der Waals surface area contributed by atoms with E-state index in [0.29, 0.717) is 11.4 Å². The topological polar surface area (TPSA) is 119 Å². The Morgan fingerprint density at radius 2 is 1.89 bits per heavy atom. The van der Waals surface area contributed by atoms with Crippen molar-refractivity contribution in [3.63, 3.8) is 0 Å². The van der Waals surface area contributed by atoms with Gasteiger partial charge in [0.05, 0.1) is 4.47 Å². The van der Waals surface area contributed by atoms with Crippen molar-refractivity contribution in [1.29, 1.82) is 5.41 Å². The lowest BCUT2D eigenvalue weighted by molar-refractivity contribution is 0.319. The van der Waals surface area contributed by atoms with Gasteiger partial charge in [0.1, 0.15) is 17.6 Å². The minimum absolute atomic E-state index is 0.00442. The fourth-order valence-corrected chi connectivity index (χ4v) is 2.55. The van der Waals surface area contributed by atoms with Gasteiger partial charge in [-0.05, 0) is 46.3 Å². The van der Waals surface area contributed by atoms with Gasteiger partial charge in [-0.25, -0.2) is 4.39 Å². The molecule has 1 aromatic heterocycles. The first-order chi connectivity index (χ1) is 13.1. The lowest BCUT2D eigenvalue weighted by Crippen LogP contribution is -2.23. The molecule has 27 heavy (non-hydrogen) atoms. The van der Waals surface area contributed by atoms with Crippen molar-refractivity contribution in [1.82, 2.24) is 5.16 Å². The van der Waals surface area contributed by atoms with E-state index in [-0.39, 0.29) is 27.6 Å². The summed E-state index contributed by atoms with van der Waals surface area (Å²) in [5.41, 5.74) is 1.46. The van der Waals surface area contributed by atoms with Crippen LogP contribution in [0.2, 0.25) is 0 Å². The van der Waals surface area contributed by atoms with E-state index in [4.69, 9.17) is 9.93 Å². The molecule has 1 heterocycles. The fraction of sp³-hybridized carbons (Fsp3) is 0. The maximum atomic E-state index is 13.4. The standard InChI is InChI=1S/C17H14BrFN6O2/c18-13-8-11(6-7-14(13)19)21-15(24-26)12-9-27-25-16(12)23-17(20)22-10-4-2-1-3-5-10/h1-9,26H,(H,21,24)(H3,20,22,23,25). The number of rotatable bonds is 4. The number of nitrogens with zero attached hydrogens (tertiary/aromatic N) is 2. The molecule has 0 aliphatic rings. The van der Waals surface area contributed by atoms with Crippen LogP contribution in [0.3, 0.4) is 0 Å². The van der Waals surface area contributed by atoms with Crippen molar-refractivity contribution in [2.45, 2.75) is 0 Å². The van der Waals surface area contributed by atoms with Crippen molar-refractivity contribution >= 4 is 44.9 Å². The molecule has 0 bridgehead atoms. The van der Waals surface area contributed by atoms with E-state index in [9.17, 15) is 9.60 Å². The second kappa shape index (κ2) is 8.32. The van der Waals surface area contributed by atoms with Gasteiger partial charge in [-0.2, -0.15) is 0 Å². The van der Waals surface area contributed by atoms with Crippen LogP contribution in [0.1, 0.15) is 5.56 Å². The Balaban J connectivity index is 1.74. The number of anilines is 3. The van der Waals surface area contributed by atoms with Crippen molar-refractivity contribution < 1.29 is 14.1 Å². The van der Waals surface area contributed by atoms with Gasteiger partial charge < -0.3 is 25.7 Å². The molecule has 0 fully saturated rings. The highest BCUT2D eigenvalue weighted by Gasteiger charge is 2.17. The third kappa shape index (κ3) is 4.61. The highest BCUT2D eigenvalue weighted by molar-refractivity contribution is 9.10. The first kappa shape index (κ1) is 18.4. The molecule has 5 N–H and O–H groups in total. The third-order valence-electron chi connectivity index (χ3n) is 3.39. The van der Waals surface area contributed by atoms with Crippen molar-refractivity contribution in [3.05, 3.63) is 70.6 Å². The van der Waals surface area contributed by atoms with Crippen LogP contribution in [0.25, 0.3) is 0 Å². The molecule has 3 aromatic rings. The van der Waals surface area contributed by atoms with E-state index < -0.39 is 5.82 Å². The second-order valence-corrected chi connectivity index (χ2v) is 6.12. The molecule has 0 aliphatic heterocycles. The Kier molecular flexibility index (Phi) is 5.67. The third-order valence-corrected chi connectivity index (χ3v) is 4.00. The summed E-state index contributed by atoms with van der Waals surface area (Å²) in [7, 11) is 0. The molecule has 138 valence electrons. The highest BCUT2D eigenvalue weighted by atomic mass is 79.9. The van der Waals surface area contributed by atoms with E-state index in [2.05, 4.69) is 42.2 Å². The van der Waals surface area contributed by atoms with Crippen LogP contribution in [-0.4, -0.2) is 22.2 Å². The van der Waals surface area contributed by atoms with Gasteiger partial charge in [0, 0.05) is 11.4 Å². The number of halogens is 2. The van der Waals surface area contributed by atoms with Crippen LogP contribution in [0.4, 0.5) is 21.6 Å². The molecule has 8 nitrogen and oxygen atoms in total. The van der Waals surface area contributed by atoms with E-state index in [0.717, 1.165) is 0 Å². The van der Waals surface area contributed by atoms with Gasteiger partial charge in [0.2, 0.25) is 0 Å². The molecule has 0 saturated heterocycles. The minimum atomic E-state index is -0.421. The Morgan fingerprint density at radius 3 is 2.59 bits per heavy atom. The van der Waals surface area contributed by atoms with E-state index in [1.165, 1.54) is 24.5 Å². The van der Waals surface area contributed by atoms with Crippen LogP contribution in [0, 0.1) is 11.2 Å². The van der Waals surface area contributed by atoms with Crippen molar-refractivity contribution in [2.24, 2.45) is 5.16 Å². The molecule has 2 aromatic carbocycles. The van der Waals surface area contributed by atoms with E-state index >= 15 is 0 Å². The van der Waals surface area contributed by atoms with E-state index in [1.54, 1.807) is 12.1 Å². The van der Waals surface area contributed by atoms with Crippen LogP contribution < -0.4 is 16.0 Å². The van der Waals surface area contributed by atoms with E-state index in [1.807, 2.05) is 18.2 Å². The average Bonchev–Trinajstić information content (AvgIpc) is 3.11. The number of guanidine groups is 1. The first-order valence-electron chi connectivity index (χ1n) is 7.63. The van der Waals surface area contributed by atoms with Crippen LogP contribution in [0.15, 0.2) is 68.9 Å². The smallest absolute Gasteiger partial charge is 0.198 e. The summed E-state index contributed by atoms with van der Waals surface area (Å²) in [5, 5.41) is 32.7. The lowest BCUT2D eigenvalue weighted by atomic mass is 10.2. The summed E-state index contributed by atoms with van der Waals surface area (Å²) in [4.78, 5) is 0. The molecule has 10 heteroatoms. The molecular formula is C17H14BrFN6O2. The zero-order chi connectivity index (χ0) is 19.2. The molecule has 0 radical (unpaired) electrons. The highest BCUT2D eigenvalue weighted by Crippen LogP contribution is 2.22. The minimum Gasteiger partial charge on any atom is -0.409 e. The lowest BCUT2D eigenvalue weighted by Gasteiger charge is -2.11. The monoisotopic (exact) mass is 432 g/mol. The van der Waals surface area contributed by atoms with Crippen molar-refractivity contribution in [3.8, 4) is 0 Å². The number of aromatic nitrogens is 1. The largest absolute Gasteiger partial charge is 0.409 e. The summed E-state index contributed by atoms with van der Waals surface area (Å²) in [5.74, 6) is -0.316. The molecule has 0 atom stereocenters. The number of amidine groups is 1. The number of hydrogen-bond donors (Lipinski definition) is 5. The predicted molar refractivity (Wildman–Crippen MR) is 104 cm³/mol. The zero-order valence-electron chi connectivity index (χ0n) is 13.7. The van der Waals surface area contributed by atoms with Gasteiger partial charge in [0.25, 0.3) is 0 Å². The van der Waals surface area contributed by atoms with Crippen LogP contribution >= 0.6 is 15.9 Å². The number of para-hydroxylation sites is 1. The fourth-order valence-electron chi connectivity index (χ4n) is 2.17. The molecule has 0 spiro atoms. The van der Waals surface area contributed by atoms with Gasteiger partial charge in [-0.15, -0.1) is 0 Å². The average molecular weight is 433 g/mol.